The first-order valence-corrected chi connectivity index (χ1v) is 10.3. The van der Waals surface area contributed by atoms with Crippen molar-refractivity contribution in [2.24, 2.45) is 5.73 Å². The number of hydrogen-bond donors (Lipinski definition) is 1. The molecule has 0 unspecified atom stereocenters. The number of likely N-dealkylation sites (tertiary alicyclic amines) is 1. The van der Waals surface area contributed by atoms with Gasteiger partial charge in [-0.25, -0.2) is 0 Å². The highest BCUT2D eigenvalue weighted by Crippen LogP contribution is 2.31. The van der Waals surface area contributed by atoms with E-state index in [2.05, 4.69) is 61.5 Å². The van der Waals surface area contributed by atoms with Crippen molar-refractivity contribution in [2.45, 2.75) is 25.4 Å². The monoisotopic (exact) mass is 459 g/mol. The summed E-state index contributed by atoms with van der Waals surface area (Å²) in [6, 6.07) is 21.2. The molecule has 3 aromatic rings. The van der Waals surface area contributed by atoms with Gasteiger partial charge in [0, 0.05) is 31.2 Å². The number of piperidine rings is 1. The molecule has 0 radical (unpaired) electrons. The van der Waals surface area contributed by atoms with Crippen LogP contribution in [-0.2, 0) is 6.54 Å². The van der Waals surface area contributed by atoms with Gasteiger partial charge in [-0.15, -0.1) is 24.8 Å². The van der Waals surface area contributed by atoms with Crippen LogP contribution in [0.4, 0.5) is 0 Å². The smallest absolute Gasteiger partial charge is 0.254 e. The number of carbonyl (C=O) groups excluding carboxylic acids is 1. The van der Waals surface area contributed by atoms with Gasteiger partial charge >= 0.3 is 0 Å². The molecule has 2 N–H and O–H groups in total. The van der Waals surface area contributed by atoms with E-state index >= 15 is 0 Å². The second-order valence-electron chi connectivity index (χ2n) is 8.27. The Hall–Kier alpha value is -2.11. The average Bonchev–Trinajstić information content (AvgIpc) is 2.73. The van der Waals surface area contributed by atoms with Crippen LogP contribution in [-0.4, -0.2) is 48.9 Å². The number of amides is 1. The molecule has 1 fully saturated rings. The molecular weight excluding hydrogens is 429 g/mol. The van der Waals surface area contributed by atoms with Gasteiger partial charge in [0.1, 0.15) is 0 Å². The Labute approximate surface area is 197 Å². The average molecular weight is 460 g/mol. The highest BCUT2D eigenvalue weighted by atomic mass is 35.5. The number of carbonyl (C=O) groups is 1. The first-order chi connectivity index (χ1) is 14.0. The molecule has 1 saturated heterocycles. The lowest BCUT2D eigenvalue weighted by atomic mass is 9.94. The van der Waals surface area contributed by atoms with Gasteiger partial charge in [-0.05, 0) is 60.5 Å². The number of hydrogen-bond acceptors (Lipinski definition) is 3. The lowest BCUT2D eigenvalue weighted by Crippen LogP contribution is -2.42. The maximum Gasteiger partial charge on any atom is 0.254 e. The van der Waals surface area contributed by atoms with Crippen LogP contribution in [0.25, 0.3) is 21.9 Å². The number of benzene rings is 3. The van der Waals surface area contributed by atoms with Gasteiger partial charge in [0.2, 0.25) is 0 Å². The third kappa shape index (κ3) is 5.58. The summed E-state index contributed by atoms with van der Waals surface area (Å²) in [6.07, 6.45) is 1.75. The molecule has 3 aromatic carbocycles. The Kier molecular flexibility index (Phi) is 8.90. The van der Waals surface area contributed by atoms with E-state index < -0.39 is 0 Å². The minimum Gasteiger partial charge on any atom is -0.339 e. The Morgan fingerprint density at radius 1 is 0.935 bits per heavy atom. The second kappa shape index (κ2) is 11.0. The third-order valence-corrected chi connectivity index (χ3v) is 5.74. The van der Waals surface area contributed by atoms with E-state index in [1.807, 2.05) is 23.1 Å². The van der Waals surface area contributed by atoms with E-state index in [1.165, 1.54) is 11.1 Å². The first kappa shape index (κ1) is 25.2. The van der Waals surface area contributed by atoms with Gasteiger partial charge in [-0.3, -0.25) is 4.79 Å². The third-order valence-electron chi connectivity index (χ3n) is 5.74. The van der Waals surface area contributed by atoms with Gasteiger partial charge in [-0.2, -0.15) is 0 Å². The molecule has 0 aliphatic carbocycles. The van der Waals surface area contributed by atoms with Crippen LogP contribution >= 0.6 is 24.8 Å². The van der Waals surface area contributed by atoms with Crippen LogP contribution in [0.1, 0.15) is 28.8 Å². The zero-order valence-corrected chi connectivity index (χ0v) is 19.7. The van der Waals surface area contributed by atoms with Crippen LogP contribution in [0, 0.1) is 0 Å². The van der Waals surface area contributed by atoms with Crippen LogP contribution in [0.5, 0.6) is 0 Å². The van der Waals surface area contributed by atoms with E-state index in [0.29, 0.717) is 0 Å². The quantitative estimate of drug-likeness (QED) is 0.598. The molecule has 31 heavy (non-hydrogen) atoms. The first-order valence-electron chi connectivity index (χ1n) is 10.3. The van der Waals surface area contributed by atoms with Gasteiger partial charge in [0.05, 0.1) is 0 Å². The fourth-order valence-electron chi connectivity index (χ4n) is 4.18. The molecule has 0 bridgehead atoms. The maximum atomic E-state index is 13.2. The van der Waals surface area contributed by atoms with E-state index in [9.17, 15) is 4.79 Å². The fraction of sp³-hybridized carbons (Fsp3) is 0.320. The number of nitrogens with zero attached hydrogens (tertiary/aromatic N) is 2. The van der Waals surface area contributed by atoms with E-state index in [4.69, 9.17) is 5.73 Å². The maximum absolute atomic E-state index is 13.2. The summed E-state index contributed by atoms with van der Waals surface area (Å²) in [5.74, 6) is 0.112. The number of fused-ring (bicyclic) bond motifs is 1. The number of nitrogens with two attached hydrogens (primary N) is 1. The molecule has 6 heteroatoms. The summed E-state index contributed by atoms with van der Waals surface area (Å²) in [7, 11) is 4.15. The van der Waals surface area contributed by atoms with Crippen molar-refractivity contribution in [1.82, 2.24) is 9.80 Å². The van der Waals surface area contributed by atoms with E-state index in [0.717, 1.165) is 54.4 Å². The Morgan fingerprint density at radius 2 is 1.55 bits per heavy atom. The topological polar surface area (TPSA) is 49.6 Å². The number of rotatable bonds is 4. The lowest BCUT2D eigenvalue weighted by Gasteiger charge is -2.30. The molecule has 1 heterocycles. The predicted octanol–water partition coefficient (Wildman–Crippen LogP) is 4.98. The second-order valence-corrected chi connectivity index (χ2v) is 8.27. The molecule has 1 aliphatic heterocycles. The Balaban J connectivity index is 0.00000171. The van der Waals surface area contributed by atoms with E-state index in [-0.39, 0.29) is 36.8 Å². The molecular formula is C25H31Cl2N3O. The Morgan fingerprint density at radius 3 is 2.19 bits per heavy atom. The molecule has 1 aliphatic rings. The zero-order valence-electron chi connectivity index (χ0n) is 18.1. The van der Waals surface area contributed by atoms with Crippen molar-refractivity contribution in [3.8, 4) is 11.1 Å². The lowest BCUT2D eigenvalue weighted by molar-refractivity contribution is 0.0717. The van der Waals surface area contributed by atoms with Crippen LogP contribution in [0.2, 0.25) is 0 Å². The molecule has 166 valence electrons. The van der Waals surface area contributed by atoms with Gasteiger partial charge in [0.25, 0.3) is 5.91 Å². The van der Waals surface area contributed by atoms with Crippen molar-refractivity contribution in [3.63, 3.8) is 0 Å². The highest BCUT2D eigenvalue weighted by molar-refractivity contribution is 6.10. The number of halogens is 2. The minimum atomic E-state index is 0. The summed E-state index contributed by atoms with van der Waals surface area (Å²) in [5, 5.41) is 2.13. The molecule has 0 aromatic heterocycles. The molecule has 4 nitrogen and oxygen atoms in total. The van der Waals surface area contributed by atoms with Crippen molar-refractivity contribution in [2.75, 3.05) is 27.2 Å². The largest absolute Gasteiger partial charge is 0.339 e. The van der Waals surface area contributed by atoms with Crippen LogP contribution < -0.4 is 5.73 Å². The SMILES string of the molecule is CN(C)Cc1ccc(-c2cccc3c(C(=O)N4CCC(N)CC4)cccc23)cc1.Cl.Cl. The van der Waals surface area contributed by atoms with Gasteiger partial charge in [-0.1, -0.05) is 54.6 Å². The molecule has 1 amide bonds. The van der Waals surface area contributed by atoms with Crippen molar-refractivity contribution < 1.29 is 4.79 Å². The summed E-state index contributed by atoms with van der Waals surface area (Å²) < 4.78 is 0. The minimum absolute atomic E-state index is 0. The summed E-state index contributed by atoms with van der Waals surface area (Å²) >= 11 is 0. The van der Waals surface area contributed by atoms with Crippen LogP contribution in [0.15, 0.2) is 60.7 Å². The molecule has 0 spiro atoms. The van der Waals surface area contributed by atoms with Crippen molar-refractivity contribution in [3.05, 3.63) is 71.8 Å². The van der Waals surface area contributed by atoms with Crippen molar-refractivity contribution in [1.29, 1.82) is 0 Å². The highest BCUT2D eigenvalue weighted by Gasteiger charge is 2.23. The van der Waals surface area contributed by atoms with E-state index in [1.54, 1.807) is 0 Å². The summed E-state index contributed by atoms with van der Waals surface area (Å²) in [4.78, 5) is 17.3. The standard InChI is InChI=1S/C25H29N3O.2ClH/c1-27(2)17-18-9-11-19(12-10-18)21-5-3-7-23-22(21)6-4-8-24(23)25(29)28-15-13-20(26)14-16-28;;/h3-12,20H,13-17,26H2,1-2H3;2*1H. The Bertz CT molecular complexity index is 1010. The van der Waals surface area contributed by atoms with Crippen molar-refractivity contribution >= 4 is 41.5 Å². The van der Waals surface area contributed by atoms with Crippen LogP contribution in [0.3, 0.4) is 0 Å². The fourth-order valence-corrected chi connectivity index (χ4v) is 4.18. The zero-order chi connectivity index (χ0) is 20.4. The summed E-state index contributed by atoms with van der Waals surface area (Å²) in [6.45, 7) is 2.40. The predicted molar refractivity (Wildman–Crippen MR) is 134 cm³/mol. The molecule has 0 saturated carbocycles. The summed E-state index contributed by atoms with van der Waals surface area (Å²) in [5.41, 5.74) is 10.4. The molecule has 4 rings (SSSR count). The normalized spacial score (nSPS) is 14.3. The molecule has 0 atom stereocenters. The van der Waals surface area contributed by atoms with Gasteiger partial charge < -0.3 is 15.5 Å². The van der Waals surface area contributed by atoms with Gasteiger partial charge in [0.15, 0.2) is 0 Å².